The first-order valence-corrected chi connectivity index (χ1v) is 8.21. The number of aromatic nitrogens is 2. The zero-order chi connectivity index (χ0) is 15.7. The van der Waals surface area contributed by atoms with Crippen LogP contribution < -0.4 is 10.4 Å². The summed E-state index contributed by atoms with van der Waals surface area (Å²) in [7, 11) is 0. The molecule has 0 bridgehead atoms. The van der Waals surface area contributed by atoms with Gasteiger partial charge in [0, 0.05) is 3.57 Å². The van der Waals surface area contributed by atoms with E-state index in [0.717, 1.165) is 9.26 Å². The Morgan fingerprint density at radius 1 is 1.18 bits per heavy atom. The molecule has 3 aromatic rings. The van der Waals surface area contributed by atoms with Crippen molar-refractivity contribution < 1.29 is 0 Å². The average Bonchev–Trinajstić information content (AvgIpc) is 2.55. The molecule has 22 heavy (non-hydrogen) atoms. The van der Waals surface area contributed by atoms with E-state index >= 15 is 0 Å². The van der Waals surface area contributed by atoms with Gasteiger partial charge in [-0.25, -0.2) is 9.82 Å². The summed E-state index contributed by atoms with van der Waals surface area (Å²) in [6.07, 6.45) is 0. The molecular weight excluding hydrogens is 413 g/mol. The van der Waals surface area contributed by atoms with Crippen molar-refractivity contribution in [1.29, 1.82) is 0 Å². The van der Waals surface area contributed by atoms with Gasteiger partial charge in [0.15, 0.2) is 0 Å². The third-order valence-electron chi connectivity index (χ3n) is 3.44. The van der Waals surface area contributed by atoms with Crippen LogP contribution in [0.1, 0.15) is 18.8 Å². The predicted molar refractivity (Wildman–Crippen MR) is 97.5 cm³/mol. The molecule has 2 aromatic carbocycles. The summed E-state index contributed by atoms with van der Waals surface area (Å²) in [5, 5.41) is 0.589. The first-order valence-electron chi connectivity index (χ1n) is 6.75. The van der Waals surface area contributed by atoms with E-state index in [1.165, 1.54) is 0 Å². The van der Waals surface area contributed by atoms with E-state index in [2.05, 4.69) is 32.4 Å². The Morgan fingerprint density at radius 2 is 1.86 bits per heavy atom. The molecule has 1 heterocycles. The van der Waals surface area contributed by atoms with Crippen LogP contribution in [0.3, 0.4) is 0 Å². The Balaban J connectivity index is 2.37. The summed E-state index contributed by atoms with van der Waals surface area (Å²) < 4.78 is 2.71. The number of halogens is 2. The van der Waals surface area contributed by atoms with Crippen molar-refractivity contribution in [3.63, 3.8) is 0 Å². The predicted octanol–water partition coefficient (Wildman–Crippen LogP) is 3.79. The molecule has 0 aliphatic carbocycles. The molecule has 0 saturated heterocycles. The largest absolute Gasteiger partial charge is 0.268 e. The van der Waals surface area contributed by atoms with Gasteiger partial charge in [-0.3, -0.25) is 9.36 Å². The summed E-state index contributed by atoms with van der Waals surface area (Å²) >= 11 is 8.00. The van der Waals surface area contributed by atoms with Crippen LogP contribution in [0.2, 0.25) is 0 Å². The lowest BCUT2D eigenvalue weighted by Crippen LogP contribution is -2.27. The van der Waals surface area contributed by atoms with Crippen LogP contribution in [-0.2, 0) is 0 Å². The number of hydrogen-bond acceptors (Lipinski definition) is 3. The molecule has 0 aliphatic heterocycles. The van der Waals surface area contributed by atoms with Crippen LogP contribution in [0.25, 0.3) is 16.6 Å². The summed E-state index contributed by atoms with van der Waals surface area (Å²) in [5.41, 5.74) is 1.35. The van der Waals surface area contributed by atoms with Gasteiger partial charge in [0.2, 0.25) is 0 Å². The van der Waals surface area contributed by atoms with Gasteiger partial charge in [-0.2, -0.15) is 0 Å². The Kier molecular flexibility index (Phi) is 4.46. The molecule has 0 aliphatic rings. The van der Waals surface area contributed by atoms with Gasteiger partial charge in [-0.15, -0.1) is 0 Å². The van der Waals surface area contributed by atoms with E-state index in [1.807, 2.05) is 49.4 Å². The van der Waals surface area contributed by atoms with Crippen LogP contribution in [0.4, 0.5) is 0 Å². The van der Waals surface area contributed by atoms with Crippen molar-refractivity contribution in [2.24, 2.45) is 0 Å². The van der Waals surface area contributed by atoms with Gasteiger partial charge in [0.05, 0.1) is 22.6 Å². The number of rotatable bonds is 3. The quantitative estimate of drug-likeness (QED) is 0.513. The van der Waals surface area contributed by atoms with Crippen LogP contribution in [0.5, 0.6) is 0 Å². The lowest BCUT2D eigenvalue weighted by molar-refractivity contribution is 0.652. The Bertz CT molecular complexity index is 877. The van der Waals surface area contributed by atoms with Gasteiger partial charge in [-0.1, -0.05) is 12.1 Å². The molecule has 3 rings (SSSR count). The lowest BCUT2D eigenvalue weighted by atomic mass is 10.2. The molecule has 0 unspecified atom stereocenters. The maximum absolute atomic E-state index is 12.9. The van der Waals surface area contributed by atoms with E-state index in [-0.39, 0.29) is 11.6 Å². The summed E-state index contributed by atoms with van der Waals surface area (Å²) in [6.45, 7) is 1.87. The molecule has 1 atom stereocenters. The second kappa shape index (κ2) is 6.36. The van der Waals surface area contributed by atoms with E-state index in [0.29, 0.717) is 16.7 Å². The number of para-hydroxylation sites is 1. The standard InChI is InChI=1S/C16H13ClIN3O/c1-10(20-17)15-19-14-5-3-2-4-13(14)16(22)21(15)12-8-6-11(18)7-9-12/h2-10,20H,1H3/t10-/m1/s1. The fraction of sp³-hybridized carbons (Fsp3) is 0.125. The van der Waals surface area contributed by atoms with Gasteiger partial charge in [-0.05, 0) is 77.7 Å². The first-order chi connectivity index (χ1) is 10.6. The topological polar surface area (TPSA) is 46.9 Å². The minimum absolute atomic E-state index is 0.0967. The third-order valence-corrected chi connectivity index (χ3v) is 4.48. The average molecular weight is 426 g/mol. The summed E-state index contributed by atoms with van der Waals surface area (Å²) in [6, 6.07) is 14.8. The second-order valence-corrected chi connectivity index (χ2v) is 6.40. The maximum Gasteiger partial charge on any atom is 0.266 e. The second-order valence-electron chi connectivity index (χ2n) is 4.93. The Hall–Kier alpha value is -1.44. The summed E-state index contributed by atoms with van der Waals surface area (Å²) in [4.78, 5) is 20.2. The normalized spacial score (nSPS) is 12.5. The Labute approximate surface area is 146 Å². The number of hydrogen-bond donors (Lipinski definition) is 1. The number of nitrogens with one attached hydrogen (secondary N) is 1. The minimum Gasteiger partial charge on any atom is -0.268 e. The van der Waals surface area contributed by atoms with E-state index in [4.69, 9.17) is 11.8 Å². The number of fused-ring (bicyclic) bond motifs is 1. The molecule has 6 heteroatoms. The van der Waals surface area contributed by atoms with Crippen LogP contribution in [-0.4, -0.2) is 9.55 Å². The van der Waals surface area contributed by atoms with E-state index in [1.54, 1.807) is 10.6 Å². The monoisotopic (exact) mass is 425 g/mol. The van der Waals surface area contributed by atoms with Gasteiger partial charge in [0.1, 0.15) is 5.82 Å². The van der Waals surface area contributed by atoms with Crippen molar-refractivity contribution in [3.8, 4) is 5.69 Å². The van der Waals surface area contributed by atoms with Gasteiger partial charge in [0.25, 0.3) is 5.56 Å². The number of nitrogens with zero attached hydrogens (tertiary/aromatic N) is 2. The highest BCUT2D eigenvalue weighted by molar-refractivity contribution is 14.1. The first kappa shape index (κ1) is 15.5. The van der Waals surface area contributed by atoms with Crippen molar-refractivity contribution in [2.45, 2.75) is 13.0 Å². The molecule has 0 spiro atoms. The molecule has 112 valence electrons. The van der Waals surface area contributed by atoms with Gasteiger partial charge < -0.3 is 0 Å². The van der Waals surface area contributed by atoms with Crippen LogP contribution >= 0.6 is 34.4 Å². The fourth-order valence-electron chi connectivity index (χ4n) is 2.33. The van der Waals surface area contributed by atoms with E-state index in [9.17, 15) is 4.79 Å². The van der Waals surface area contributed by atoms with Crippen molar-refractivity contribution in [1.82, 2.24) is 14.4 Å². The van der Waals surface area contributed by atoms with E-state index < -0.39 is 0 Å². The van der Waals surface area contributed by atoms with Crippen molar-refractivity contribution in [2.75, 3.05) is 0 Å². The molecule has 0 amide bonds. The highest BCUT2D eigenvalue weighted by atomic mass is 127. The third kappa shape index (κ3) is 2.76. The van der Waals surface area contributed by atoms with Gasteiger partial charge >= 0.3 is 0 Å². The zero-order valence-electron chi connectivity index (χ0n) is 11.8. The molecular formula is C16H13ClIN3O. The highest BCUT2D eigenvalue weighted by Gasteiger charge is 2.17. The maximum atomic E-state index is 12.9. The lowest BCUT2D eigenvalue weighted by Gasteiger charge is -2.17. The molecule has 0 saturated carbocycles. The Morgan fingerprint density at radius 3 is 2.55 bits per heavy atom. The number of benzene rings is 2. The highest BCUT2D eigenvalue weighted by Crippen LogP contribution is 2.19. The summed E-state index contributed by atoms with van der Waals surface area (Å²) in [5.74, 6) is 0.583. The van der Waals surface area contributed by atoms with Crippen molar-refractivity contribution in [3.05, 3.63) is 68.3 Å². The molecule has 0 radical (unpaired) electrons. The SMILES string of the molecule is C[C@@H](NCl)c1nc2ccccc2c(=O)n1-c1ccc(I)cc1. The zero-order valence-corrected chi connectivity index (χ0v) is 14.7. The van der Waals surface area contributed by atoms with Crippen molar-refractivity contribution >= 4 is 45.3 Å². The fourth-order valence-corrected chi connectivity index (χ4v) is 2.79. The van der Waals surface area contributed by atoms with Crippen LogP contribution in [0.15, 0.2) is 53.3 Å². The minimum atomic E-state index is -0.266. The van der Waals surface area contributed by atoms with Crippen LogP contribution in [0, 0.1) is 3.57 Å². The molecule has 1 N–H and O–H groups in total. The molecule has 1 aromatic heterocycles. The smallest absolute Gasteiger partial charge is 0.266 e. The molecule has 4 nitrogen and oxygen atoms in total. The molecule has 0 fully saturated rings.